The highest BCUT2D eigenvalue weighted by molar-refractivity contribution is 7.92. The molecule has 0 aromatic heterocycles. The lowest BCUT2D eigenvalue weighted by Crippen LogP contribution is -2.43. The zero-order valence-corrected chi connectivity index (χ0v) is 9.42. The van der Waals surface area contributed by atoms with Crippen LogP contribution in [-0.4, -0.2) is 32.0 Å². The highest BCUT2D eigenvalue weighted by Gasteiger charge is 2.50. The van der Waals surface area contributed by atoms with Crippen molar-refractivity contribution in [2.45, 2.75) is 25.0 Å². The molecule has 0 aromatic rings. The number of ether oxygens (including phenoxy) is 1. The van der Waals surface area contributed by atoms with Crippen LogP contribution in [0.1, 0.15) is 19.8 Å². The summed E-state index contributed by atoms with van der Waals surface area (Å²) in [5, 5.41) is -0.700. The Morgan fingerprint density at radius 3 is 3.00 bits per heavy atom. The second-order valence-corrected chi connectivity index (χ2v) is 6.55. The predicted molar refractivity (Wildman–Crippen MR) is 55.0 cm³/mol. The van der Waals surface area contributed by atoms with E-state index in [1.165, 1.54) is 0 Å². The molecule has 0 amide bonds. The number of allylic oxidation sites excluding steroid dienone is 1. The van der Waals surface area contributed by atoms with Gasteiger partial charge in [0, 0.05) is 0 Å². The molecule has 0 spiro atoms. The van der Waals surface area contributed by atoms with Gasteiger partial charge in [-0.25, -0.2) is 8.42 Å². The molecule has 2 rings (SSSR count). The lowest BCUT2D eigenvalue weighted by Gasteiger charge is -2.33. The molecule has 1 aliphatic heterocycles. The molecular weight excluding hydrogens is 216 g/mol. The topological polar surface area (TPSA) is 60.4 Å². The minimum Gasteiger partial charge on any atom is -0.464 e. The number of esters is 1. The lowest BCUT2D eigenvalue weighted by molar-refractivity contribution is -0.153. The van der Waals surface area contributed by atoms with E-state index in [1.807, 2.05) is 6.08 Å². The second kappa shape index (κ2) is 3.33. The SMILES string of the molecule is C[C@@]12CCC=C[C@@H]1S(=O)(=O)CCOC2=O. The molecule has 4 nitrogen and oxygen atoms in total. The normalized spacial score (nSPS) is 39.0. The van der Waals surface area contributed by atoms with Gasteiger partial charge < -0.3 is 4.74 Å². The van der Waals surface area contributed by atoms with Crippen molar-refractivity contribution >= 4 is 15.8 Å². The summed E-state index contributed by atoms with van der Waals surface area (Å²) in [6.45, 7) is 1.67. The Bertz CT molecular complexity index is 409. The molecule has 84 valence electrons. The van der Waals surface area contributed by atoms with E-state index in [0.717, 1.165) is 6.42 Å². The van der Waals surface area contributed by atoms with Crippen molar-refractivity contribution in [3.63, 3.8) is 0 Å². The fourth-order valence-corrected chi connectivity index (χ4v) is 4.16. The minimum atomic E-state index is -3.24. The number of sulfone groups is 1. The largest absolute Gasteiger partial charge is 0.464 e. The van der Waals surface area contributed by atoms with Crippen LogP contribution in [0.3, 0.4) is 0 Å². The average Bonchev–Trinajstić information content (AvgIpc) is 2.24. The van der Waals surface area contributed by atoms with Gasteiger partial charge in [0.05, 0.1) is 16.4 Å². The van der Waals surface area contributed by atoms with Crippen LogP contribution < -0.4 is 0 Å². The number of cyclic esters (lactones) is 1. The average molecular weight is 230 g/mol. The number of carbonyl (C=O) groups excluding carboxylic acids is 1. The first-order valence-corrected chi connectivity index (χ1v) is 6.74. The fraction of sp³-hybridized carbons (Fsp3) is 0.700. The molecule has 1 fully saturated rings. The van der Waals surface area contributed by atoms with Crippen LogP contribution in [-0.2, 0) is 19.4 Å². The summed E-state index contributed by atoms with van der Waals surface area (Å²) in [7, 11) is -3.24. The third kappa shape index (κ3) is 1.58. The molecule has 5 heteroatoms. The van der Waals surface area contributed by atoms with Crippen molar-refractivity contribution in [2.24, 2.45) is 5.41 Å². The molecule has 0 N–H and O–H groups in total. The maximum atomic E-state index is 11.9. The van der Waals surface area contributed by atoms with Crippen LogP contribution >= 0.6 is 0 Å². The summed E-state index contributed by atoms with van der Waals surface area (Å²) in [5.41, 5.74) is -0.885. The standard InChI is InChI=1S/C10H14O4S/c1-10-5-3-2-4-8(10)15(12,13)7-6-14-9(10)11/h2,4,8H,3,5-7H2,1H3/t8-,10+/m0/s1. The number of hydrogen-bond acceptors (Lipinski definition) is 4. The van der Waals surface area contributed by atoms with E-state index in [1.54, 1.807) is 13.0 Å². The first kappa shape index (κ1) is 10.7. The van der Waals surface area contributed by atoms with Crippen LogP contribution in [0.4, 0.5) is 0 Å². The number of carbonyl (C=O) groups is 1. The summed E-state index contributed by atoms with van der Waals surface area (Å²) in [6, 6.07) is 0. The highest BCUT2D eigenvalue weighted by Crippen LogP contribution is 2.39. The van der Waals surface area contributed by atoms with E-state index >= 15 is 0 Å². The molecule has 2 atom stereocenters. The van der Waals surface area contributed by atoms with Crippen molar-refractivity contribution in [1.82, 2.24) is 0 Å². The molecule has 2 aliphatic rings. The summed E-state index contributed by atoms with van der Waals surface area (Å²) < 4.78 is 28.8. The van der Waals surface area contributed by atoms with E-state index in [4.69, 9.17) is 4.74 Å². The van der Waals surface area contributed by atoms with Crippen molar-refractivity contribution < 1.29 is 17.9 Å². The first-order chi connectivity index (χ1) is 6.97. The van der Waals surface area contributed by atoms with Crippen LogP contribution in [0.2, 0.25) is 0 Å². The Balaban J connectivity index is 2.53. The van der Waals surface area contributed by atoms with Crippen LogP contribution in [0, 0.1) is 5.41 Å². The quantitative estimate of drug-likeness (QED) is 0.453. The van der Waals surface area contributed by atoms with Gasteiger partial charge in [0.25, 0.3) is 0 Å². The minimum absolute atomic E-state index is 0.0128. The maximum absolute atomic E-state index is 11.9. The molecule has 15 heavy (non-hydrogen) atoms. The van der Waals surface area contributed by atoms with Gasteiger partial charge in [-0.2, -0.15) is 0 Å². The van der Waals surface area contributed by atoms with Crippen molar-refractivity contribution in [1.29, 1.82) is 0 Å². The zero-order chi connectivity index (χ0) is 11.1. The third-order valence-corrected chi connectivity index (χ3v) is 5.41. The number of fused-ring (bicyclic) bond motifs is 1. The summed E-state index contributed by atoms with van der Waals surface area (Å²) >= 11 is 0. The molecule has 0 unspecified atom stereocenters. The molecule has 1 saturated heterocycles. The summed E-state index contributed by atoms with van der Waals surface area (Å²) in [4.78, 5) is 11.7. The molecule has 0 saturated carbocycles. The maximum Gasteiger partial charge on any atom is 0.313 e. The Hall–Kier alpha value is -0.840. The van der Waals surface area contributed by atoms with Crippen LogP contribution in [0.25, 0.3) is 0 Å². The zero-order valence-electron chi connectivity index (χ0n) is 8.60. The van der Waals surface area contributed by atoms with Crippen molar-refractivity contribution in [3.05, 3.63) is 12.2 Å². The van der Waals surface area contributed by atoms with Gasteiger partial charge in [-0.15, -0.1) is 0 Å². The first-order valence-electron chi connectivity index (χ1n) is 5.02. The number of hydrogen-bond donors (Lipinski definition) is 0. The van der Waals surface area contributed by atoms with Gasteiger partial charge in [-0.3, -0.25) is 4.79 Å². The van der Waals surface area contributed by atoms with E-state index in [2.05, 4.69) is 0 Å². The van der Waals surface area contributed by atoms with Crippen molar-refractivity contribution in [3.8, 4) is 0 Å². The lowest BCUT2D eigenvalue weighted by atomic mass is 9.78. The molecule has 1 heterocycles. The Morgan fingerprint density at radius 2 is 2.27 bits per heavy atom. The molecular formula is C10H14O4S. The Morgan fingerprint density at radius 1 is 1.53 bits per heavy atom. The second-order valence-electron chi connectivity index (χ2n) is 4.31. The fourth-order valence-electron chi connectivity index (χ4n) is 2.23. The van der Waals surface area contributed by atoms with E-state index < -0.39 is 20.5 Å². The van der Waals surface area contributed by atoms with E-state index in [-0.39, 0.29) is 18.3 Å². The molecule has 1 aliphatic carbocycles. The Kier molecular flexibility index (Phi) is 2.37. The van der Waals surface area contributed by atoms with Crippen LogP contribution in [0.15, 0.2) is 12.2 Å². The molecule has 0 aromatic carbocycles. The smallest absolute Gasteiger partial charge is 0.313 e. The number of rotatable bonds is 0. The third-order valence-electron chi connectivity index (χ3n) is 3.22. The van der Waals surface area contributed by atoms with Gasteiger partial charge in [0.1, 0.15) is 6.61 Å². The Labute approximate surface area is 89.2 Å². The molecule has 0 bridgehead atoms. The summed E-state index contributed by atoms with van der Waals surface area (Å²) in [5.74, 6) is -0.443. The molecule has 0 radical (unpaired) electrons. The monoisotopic (exact) mass is 230 g/mol. The van der Waals surface area contributed by atoms with Gasteiger partial charge in [-0.05, 0) is 19.8 Å². The van der Waals surface area contributed by atoms with Crippen LogP contribution in [0.5, 0.6) is 0 Å². The predicted octanol–water partition coefficient (Wildman–Crippen LogP) is 0.683. The van der Waals surface area contributed by atoms with Gasteiger partial charge in [0.15, 0.2) is 9.84 Å². The van der Waals surface area contributed by atoms with E-state index in [0.29, 0.717) is 6.42 Å². The van der Waals surface area contributed by atoms with E-state index in [9.17, 15) is 13.2 Å². The highest BCUT2D eigenvalue weighted by atomic mass is 32.2. The summed E-state index contributed by atoms with van der Waals surface area (Å²) in [6.07, 6.45) is 4.76. The van der Waals surface area contributed by atoms with Gasteiger partial charge in [0.2, 0.25) is 0 Å². The van der Waals surface area contributed by atoms with Gasteiger partial charge in [-0.1, -0.05) is 12.2 Å². The van der Waals surface area contributed by atoms with Gasteiger partial charge >= 0.3 is 5.97 Å². The van der Waals surface area contributed by atoms with Crippen molar-refractivity contribution in [2.75, 3.05) is 12.4 Å².